The van der Waals surface area contributed by atoms with Gasteiger partial charge in [-0.3, -0.25) is 0 Å². The number of rotatable bonds is 8. The second-order valence-electron chi connectivity index (χ2n) is 6.77. The molecule has 3 aromatic rings. The van der Waals surface area contributed by atoms with Crippen molar-refractivity contribution < 1.29 is 9.90 Å². The van der Waals surface area contributed by atoms with E-state index < -0.39 is 13.2 Å². The molecule has 0 fully saturated rings. The van der Waals surface area contributed by atoms with Crippen LogP contribution in [-0.4, -0.2) is 17.2 Å². The zero-order valence-electron chi connectivity index (χ0n) is 15.7. The second kappa shape index (κ2) is 8.97. The van der Waals surface area contributed by atoms with Crippen LogP contribution in [0.5, 0.6) is 0 Å². The van der Waals surface area contributed by atoms with E-state index in [1.54, 1.807) is 6.07 Å². The van der Waals surface area contributed by atoms with Gasteiger partial charge in [0.15, 0.2) is 0 Å². The average Bonchev–Trinajstić information content (AvgIpc) is 2.73. The van der Waals surface area contributed by atoms with Crippen LogP contribution < -0.4 is 15.9 Å². The first-order valence-electron chi connectivity index (χ1n) is 9.51. The zero-order valence-corrected chi connectivity index (χ0v) is 16.6. The van der Waals surface area contributed by atoms with Crippen LogP contribution >= 0.6 is 7.26 Å². The van der Waals surface area contributed by atoms with Gasteiger partial charge in [0.25, 0.3) is 0 Å². The third kappa shape index (κ3) is 4.12. The number of hydrogen-bond donors (Lipinski definition) is 1. The Hall–Kier alpha value is -2.44. The Bertz CT molecular complexity index is 836. The molecule has 138 valence electrons. The molecule has 0 saturated heterocycles. The lowest BCUT2D eigenvalue weighted by molar-refractivity contribution is 0.0697. The largest absolute Gasteiger partial charge is 0.478 e. The SMILES string of the molecule is CCCCC[P+](c1ccccc1)(c1ccccc1)c1cccc(C(=O)O)c1. The first kappa shape index (κ1) is 19.3. The molecular formula is C24H26O2P+. The van der Waals surface area contributed by atoms with Crippen LogP contribution in [0.2, 0.25) is 0 Å². The lowest BCUT2D eigenvalue weighted by Crippen LogP contribution is -2.33. The van der Waals surface area contributed by atoms with Gasteiger partial charge in [0, 0.05) is 0 Å². The van der Waals surface area contributed by atoms with Crippen molar-refractivity contribution in [2.75, 3.05) is 6.16 Å². The summed E-state index contributed by atoms with van der Waals surface area (Å²) in [4.78, 5) is 11.6. The molecule has 0 bridgehead atoms. The second-order valence-corrected chi connectivity index (χ2v) is 10.4. The van der Waals surface area contributed by atoms with Crippen LogP contribution in [0.1, 0.15) is 36.5 Å². The zero-order chi connectivity index (χ0) is 19.1. The Morgan fingerprint density at radius 2 is 1.33 bits per heavy atom. The highest BCUT2D eigenvalue weighted by molar-refractivity contribution is 7.95. The van der Waals surface area contributed by atoms with Gasteiger partial charge in [-0.05, 0) is 48.9 Å². The van der Waals surface area contributed by atoms with E-state index in [1.807, 2.05) is 24.3 Å². The summed E-state index contributed by atoms with van der Waals surface area (Å²) < 4.78 is 0. The molecule has 0 aliphatic heterocycles. The van der Waals surface area contributed by atoms with Crippen LogP contribution in [0.25, 0.3) is 0 Å². The number of hydrogen-bond acceptors (Lipinski definition) is 1. The maximum atomic E-state index is 11.6. The van der Waals surface area contributed by atoms with Crippen molar-refractivity contribution in [3.05, 3.63) is 90.5 Å². The van der Waals surface area contributed by atoms with Crippen molar-refractivity contribution >= 4 is 29.1 Å². The molecule has 1 N–H and O–H groups in total. The number of carbonyl (C=O) groups is 1. The molecular weight excluding hydrogens is 351 g/mol. The van der Waals surface area contributed by atoms with Gasteiger partial charge >= 0.3 is 5.97 Å². The van der Waals surface area contributed by atoms with Crippen molar-refractivity contribution in [1.29, 1.82) is 0 Å². The van der Waals surface area contributed by atoms with Crippen molar-refractivity contribution in [1.82, 2.24) is 0 Å². The molecule has 0 aromatic heterocycles. The van der Waals surface area contributed by atoms with Crippen LogP contribution in [0.4, 0.5) is 0 Å². The van der Waals surface area contributed by atoms with E-state index in [1.165, 1.54) is 23.5 Å². The summed E-state index contributed by atoms with van der Waals surface area (Å²) in [5, 5.41) is 13.3. The minimum absolute atomic E-state index is 0.360. The van der Waals surface area contributed by atoms with Gasteiger partial charge in [0.1, 0.15) is 23.2 Å². The smallest absolute Gasteiger partial charge is 0.335 e. The molecule has 2 nitrogen and oxygen atoms in total. The molecule has 0 amide bonds. The number of aromatic carboxylic acids is 1. The molecule has 0 radical (unpaired) electrons. The minimum atomic E-state index is -1.91. The molecule has 0 spiro atoms. The van der Waals surface area contributed by atoms with Crippen LogP contribution in [0, 0.1) is 0 Å². The monoisotopic (exact) mass is 377 g/mol. The highest BCUT2D eigenvalue weighted by Crippen LogP contribution is 2.56. The summed E-state index contributed by atoms with van der Waals surface area (Å²) in [6, 6.07) is 28.9. The molecule has 3 rings (SSSR count). The Morgan fingerprint density at radius 3 is 1.85 bits per heavy atom. The highest BCUT2D eigenvalue weighted by atomic mass is 31.2. The predicted molar refractivity (Wildman–Crippen MR) is 116 cm³/mol. The Labute approximate surface area is 162 Å². The molecule has 0 aliphatic rings. The summed E-state index contributed by atoms with van der Waals surface area (Å²) in [7, 11) is -1.91. The minimum Gasteiger partial charge on any atom is -0.478 e. The van der Waals surface area contributed by atoms with Gasteiger partial charge in [0.2, 0.25) is 0 Å². The third-order valence-electron chi connectivity index (χ3n) is 5.02. The lowest BCUT2D eigenvalue weighted by atomic mass is 10.2. The normalized spacial score (nSPS) is 11.3. The maximum Gasteiger partial charge on any atom is 0.335 e. The average molecular weight is 377 g/mol. The molecule has 0 atom stereocenters. The molecule has 0 saturated carbocycles. The van der Waals surface area contributed by atoms with E-state index >= 15 is 0 Å². The Morgan fingerprint density at radius 1 is 0.778 bits per heavy atom. The summed E-state index contributed by atoms with van der Waals surface area (Å²) in [5.74, 6) is -0.871. The molecule has 3 aromatic carbocycles. The van der Waals surface area contributed by atoms with Gasteiger partial charge in [-0.2, -0.15) is 0 Å². The molecule has 0 aliphatic carbocycles. The van der Waals surface area contributed by atoms with Gasteiger partial charge in [-0.15, -0.1) is 0 Å². The van der Waals surface area contributed by atoms with Crippen molar-refractivity contribution in [3.8, 4) is 0 Å². The quantitative estimate of drug-likeness (QED) is 0.449. The number of carboxylic acid groups (broad SMARTS) is 1. The van der Waals surface area contributed by atoms with Crippen LogP contribution in [0.15, 0.2) is 84.9 Å². The summed E-state index contributed by atoms with van der Waals surface area (Å²) in [6.07, 6.45) is 4.53. The van der Waals surface area contributed by atoms with E-state index in [0.717, 1.165) is 17.9 Å². The van der Waals surface area contributed by atoms with E-state index in [2.05, 4.69) is 61.5 Å². The van der Waals surface area contributed by atoms with Gasteiger partial charge in [-0.1, -0.05) is 62.2 Å². The fraction of sp³-hybridized carbons (Fsp3) is 0.208. The van der Waals surface area contributed by atoms with Crippen molar-refractivity contribution in [2.45, 2.75) is 26.2 Å². The molecule has 0 heterocycles. The first-order valence-corrected chi connectivity index (χ1v) is 11.5. The highest BCUT2D eigenvalue weighted by Gasteiger charge is 2.44. The van der Waals surface area contributed by atoms with E-state index in [-0.39, 0.29) is 0 Å². The topological polar surface area (TPSA) is 37.3 Å². The van der Waals surface area contributed by atoms with Crippen LogP contribution in [0.3, 0.4) is 0 Å². The number of benzene rings is 3. The summed E-state index contributed by atoms with van der Waals surface area (Å²) in [5.41, 5.74) is 0.360. The fourth-order valence-electron chi connectivity index (χ4n) is 3.67. The van der Waals surface area contributed by atoms with Crippen molar-refractivity contribution in [2.24, 2.45) is 0 Å². The lowest BCUT2D eigenvalue weighted by Gasteiger charge is -2.28. The fourth-order valence-corrected chi connectivity index (χ4v) is 8.10. The molecule has 0 unspecified atom stereocenters. The third-order valence-corrected chi connectivity index (χ3v) is 9.53. The van der Waals surface area contributed by atoms with E-state index in [4.69, 9.17) is 0 Å². The van der Waals surface area contributed by atoms with Crippen LogP contribution in [-0.2, 0) is 0 Å². The van der Waals surface area contributed by atoms with Crippen molar-refractivity contribution in [3.63, 3.8) is 0 Å². The summed E-state index contributed by atoms with van der Waals surface area (Å²) in [6.45, 7) is 2.22. The van der Waals surface area contributed by atoms with Gasteiger partial charge in [-0.25, -0.2) is 4.79 Å². The van der Waals surface area contributed by atoms with E-state index in [0.29, 0.717) is 5.56 Å². The van der Waals surface area contributed by atoms with E-state index in [9.17, 15) is 9.90 Å². The standard InChI is InChI=1S/C24H25O2P/c1-2-3-10-18-27(21-13-6-4-7-14-21,22-15-8-5-9-16-22)23-17-11-12-20(19-23)24(25)26/h4-9,11-17,19H,2-3,10,18H2,1H3/p+1. The summed E-state index contributed by atoms with van der Waals surface area (Å²) >= 11 is 0. The Balaban J connectivity index is 2.26. The maximum absolute atomic E-state index is 11.6. The van der Waals surface area contributed by atoms with Gasteiger partial charge < -0.3 is 5.11 Å². The number of unbranched alkanes of at least 4 members (excludes halogenated alkanes) is 2. The number of carboxylic acids is 1. The molecule has 27 heavy (non-hydrogen) atoms. The predicted octanol–water partition coefficient (Wildman–Crippen LogP) is 4.87. The molecule has 3 heteroatoms. The van der Waals surface area contributed by atoms with Gasteiger partial charge in [0.05, 0.1) is 11.7 Å². The Kier molecular flexibility index (Phi) is 6.42. The first-order chi connectivity index (χ1) is 13.2.